The number of aromatic nitrogens is 3. The third-order valence-corrected chi connectivity index (χ3v) is 2.81. The molecule has 1 atom stereocenters. The van der Waals surface area contributed by atoms with Gasteiger partial charge in [0, 0.05) is 11.3 Å². The Morgan fingerprint density at radius 1 is 1.41 bits per heavy atom. The monoisotopic (exact) mass is 230 g/mol. The van der Waals surface area contributed by atoms with E-state index in [0.29, 0.717) is 6.04 Å². The van der Waals surface area contributed by atoms with E-state index in [-0.39, 0.29) is 0 Å². The summed E-state index contributed by atoms with van der Waals surface area (Å²) in [7, 11) is 0. The molecular formula is C13H18N4. The predicted molar refractivity (Wildman–Crippen MR) is 69.5 cm³/mol. The lowest BCUT2D eigenvalue weighted by Crippen LogP contribution is -2.05. The quantitative estimate of drug-likeness (QED) is 0.822. The van der Waals surface area contributed by atoms with E-state index in [0.717, 1.165) is 29.9 Å². The van der Waals surface area contributed by atoms with Crippen LogP contribution in [0.4, 0.5) is 5.69 Å². The van der Waals surface area contributed by atoms with Crippen molar-refractivity contribution in [3.63, 3.8) is 0 Å². The van der Waals surface area contributed by atoms with Crippen molar-refractivity contribution >= 4 is 5.69 Å². The van der Waals surface area contributed by atoms with Gasteiger partial charge in [-0.05, 0) is 25.5 Å². The summed E-state index contributed by atoms with van der Waals surface area (Å²) in [5.41, 5.74) is 7.45. The molecule has 0 saturated heterocycles. The predicted octanol–water partition coefficient (Wildman–Crippen LogP) is 2.89. The summed E-state index contributed by atoms with van der Waals surface area (Å²) in [6.07, 6.45) is 4.05. The number of nitrogens with zero attached hydrogens (tertiary/aromatic N) is 3. The highest BCUT2D eigenvalue weighted by Crippen LogP contribution is 2.19. The summed E-state index contributed by atoms with van der Waals surface area (Å²) in [4.78, 5) is 4.33. The molecule has 2 rings (SSSR count). The summed E-state index contributed by atoms with van der Waals surface area (Å²) in [5.74, 6) is 0.736. The van der Waals surface area contributed by atoms with Gasteiger partial charge in [0.25, 0.3) is 0 Å². The summed E-state index contributed by atoms with van der Waals surface area (Å²) >= 11 is 0. The molecule has 1 heterocycles. The molecule has 4 nitrogen and oxygen atoms in total. The number of hydrogen-bond donors (Lipinski definition) is 1. The topological polar surface area (TPSA) is 56.7 Å². The van der Waals surface area contributed by atoms with Gasteiger partial charge in [0.2, 0.25) is 0 Å². The maximum Gasteiger partial charge on any atom is 0.181 e. The number of nitrogen functional groups attached to an aromatic ring is 1. The molecule has 1 aromatic heterocycles. The lowest BCUT2D eigenvalue weighted by Gasteiger charge is -2.08. The van der Waals surface area contributed by atoms with Gasteiger partial charge in [-0.1, -0.05) is 25.5 Å². The molecule has 0 aliphatic carbocycles. The zero-order valence-corrected chi connectivity index (χ0v) is 10.3. The number of hydrogen-bond acceptors (Lipinski definition) is 3. The summed E-state index contributed by atoms with van der Waals surface area (Å²) in [6.45, 7) is 4.33. The van der Waals surface area contributed by atoms with Gasteiger partial charge >= 0.3 is 0 Å². The van der Waals surface area contributed by atoms with Crippen LogP contribution in [0.2, 0.25) is 0 Å². The number of rotatable bonds is 4. The van der Waals surface area contributed by atoms with Crippen LogP contribution in [0, 0.1) is 0 Å². The molecule has 17 heavy (non-hydrogen) atoms. The Balaban J connectivity index is 2.23. The van der Waals surface area contributed by atoms with E-state index in [1.54, 1.807) is 6.33 Å². The summed E-state index contributed by atoms with van der Waals surface area (Å²) in [5, 5.41) is 4.49. The molecule has 0 spiro atoms. The van der Waals surface area contributed by atoms with Crippen molar-refractivity contribution in [3.05, 3.63) is 30.6 Å². The van der Waals surface area contributed by atoms with E-state index in [9.17, 15) is 0 Å². The number of nitrogens with two attached hydrogens (primary N) is 1. The van der Waals surface area contributed by atoms with Crippen LogP contribution in [-0.2, 0) is 0 Å². The molecule has 0 amide bonds. The fourth-order valence-electron chi connectivity index (χ4n) is 1.85. The molecule has 0 saturated carbocycles. The third-order valence-electron chi connectivity index (χ3n) is 2.81. The molecule has 1 unspecified atom stereocenters. The standard InChI is InChI=1S/C13H18N4/c1-3-5-10(2)17-9-15-13(16-17)11-6-4-7-12(14)8-11/h4,6-10H,3,5,14H2,1-2H3. The van der Waals surface area contributed by atoms with Gasteiger partial charge in [-0.25, -0.2) is 9.67 Å². The first-order valence-electron chi connectivity index (χ1n) is 5.97. The van der Waals surface area contributed by atoms with E-state index in [1.807, 2.05) is 28.9 Å². The minimum absolute atomic E-state index is 0.391. The van der Waals surface area contributed by atoms with E-state index >= 15 is 0 Å². The lowest BCUT2D eigenvalue weighted by molar-refractivity contribution is 0.454. The minimum atomic E-state index is 0.391. The first kappa shape index (κ1) is 11.6. The highest BCUT2D eigenvalue weighted by molar-refractivity contribution is 5.60. The van der Waals surface area contributed by atoms with E-state index in [1.165, 1.54) is 0 Å². The molecule has 0 aliphatic rings. The lowest BCUT2D eigenvalue weighted by atomic mass is 10.2. The average molecular weight is 230 g/mol. The van der Waals surface area contributed by atoms with Crippen LogP contribution < -0.4 is 5.73 Å². The van der Waals surface area contributed by atoms with Crippen LogP contribution in [0.3, 0.4) is 0 Å². The van der Waals surface area contributed by atoms with Crippen molar-refractivity contribution in [2.45, 2.75) is 32.7 Å². The normalized spacial score (nSPS) is 12.6. The van der Waals surface area contributed by atoms with Gasteiger partial charge < -0.3 is 5.73 Å². The van der Waals surface area contributed by atoms with Crippen LogP contribution in [0.5, 0.6) is 0 Å². The van der Waals surface area contributed by atoms with Crippen LogP contribution in [-0.4, -0.2) is 14.8 Å². The Morgan fingerprint density at radius 2 is 2.24 bits per heavy atom. The highest BCUT2D eigenvalue weighted by atomic mass is 15.3. The molecule has 90 valence electrons. The SMILES string of the molecule is CCCC(C)n1cnc(-c2cccc(N)c2)n1. The molecule has 0 fully saturated rings. The minimum Gasteiger partial charge on any atom is -0.399 e. The second-order valence-corrected chi connectivity index (χ2v) is 4.31. The Labute approximate surface area is 101 Å². The van der Waals surface area contributed by atoms with E-state index in [4.69, 9.17) is 5.73 Å². The number of benzene rings is 1. The first-order chi connectivity index (χ1) is 8.20. The second kappa shape index (κ2) is 4.99. The van der Waals surface area contributed by atoms with Gasteiger partial charge in [-0.2, -0.15) is 5.10 Å². The third kappa shape index (κ3) is 2.64. The molecule has 0 bridgehead atoms. The van der Waals surface area contributed by atoms with Gasteiger partial charge in [-0.15, -0.1) is 0 Å². The molecule has 2 N–H and O–H groups in total. The molecule has 4 heteroatoms. The van der Waals surface area contributed by atoms with Crippen LogP contribution in [0.15, 0.2) is 30.6 Å². The van der Waals surface area contributed by atoms with Gasteiger partial charge in [0.15, 0.2) is 5.82 Å². The fraction of sp³-hybridized carbons (Fsp3) is 0.385. The van der Waals surface area contributed by atoms with Crippen molar-refractivity contribution in [1.29, 1.82) is 0 Å². The smallest absolute Gasteiger partial charge is 0.181 e. The van der Waals surface area contributed by atoms with Crippen molar-refractivity contribution in [3.8, 4) is 11.4 Å². The first-order valence-corrected chi connectivity index (χ1v) is 5.97. The molecule has 2 aromatic rings. The van der Waals surface area contributed by atoms with Crippen molar-refractivity contribution < 1.29 is 0 Å². The van der Waals surface area contributed by atoms with E-state index in [2.05, 4.69) is 23.9 Å². The van der Waals surface area contributed by atoms with Crippen molar-refractivity contribution in [1.82, 2.24) is 14.8 Å². The van der Waals surface area contributed by atoms with Crippen molar-refractivity contribution in [2.75, 3.05) is 5.73 Å². The Kier molecular flexibility index (Phi) is 3.42. The van der Waals surface area contributed by atoms with Gasteiger partial charge in [0.1, 0.15) is 6.33 Å². The summed E-state index contributed by atoms with van der Waals surface area (Å²) < 4.78 is 1.92. The Bertz CT molecular complexity index is 490. The Hall–Kier alpha value is -1.84. The number of anilines is 1. The van der Waals surface area contributed by atoms with Crippen LogP contribution in [0.1, 0.15) is 32.7 Å². The van der Waals surface area contributed by atoms with Gasteiger partial charge in [-0.3, -0.25) is 0 Å². The zero-order valence-electron chi connectivity index (χ0n) is 10.3. The maximum atomic E-state index is 5.75. The maximum absolute atomic E-state index is 5.75. The van der Waals surface area contributed by atoms with E-state index < -0.39 is 0 Å². The molecule has 0 aliphatic heterocycles. The highest BCUT2D eigenvalue weighted by Gasteiger charge is 2.08. The van der Waals surface area contributed by atoms with Gasteiger partial charge in [0.05, 0.1) is 6.04 Å². The zero-order chi connectivity index (χ0) is 12.3. The summed E-state index contributed by atoms with van der Waals surface area (Å²) in [6, 6.07) is 8.04. The Morgan fingerprint density at radius 3 is 2.94 bits per heavy atom. The van der Waals surface area contributed by atoms with Crippen molar-refractivity contribution in [2.24, 2.45) is 0 Å². The van der Waals surface area contributed by atoms with Crippen LogP contribution >= 0.6 is 0 Å². The molecular weight excluding hydrogens is 212 g/mol. The fourth-order valence-corrected chi connectivity index (χ4v) is 1.85. The average Bonchev–Trinajstić information content (AvgIpc) is 2.78. The largest absolute Gasteiger partial charge is 0.399 e. The van der Waals surface area contributed by atoms with Crippen LogP contribution in [0.25, 0.3) is 11.4 Å². The second-order valence-electron chi connectivity index (χ2n) is 4.31. The molecule has 0 radical (unpaired) electrons. The molecule has 1 aromatic carbocycles.